The quantitative estimate of drug-likeness (QED) is 0.632. The molecular weight excluding hydrogens is 279 g/mol. The highest BCUT2D eigenvalue weighted by molar-refractivity contribution is 5.78. The summed E-state index contributed by atoms with van der Waals surface area (Å²) in [4.78, 5) is 24.0. The van der Waals surface area contributed by atoms with Gasteiger partial charge in [-0.15, -0.1) is 0 Å². The largest absolute Gasteiger partial charge is 0.477 e. The molecule has 6 nitrogen and oxygen atoms in total. The van der Waals surface area contributed by atoms with Crippen molar-refractivity contribution < 1.29 is 18.8 Å². The Hall–Kier alpha value is -2.18. The molecule has 1 heterocycles. The van der Waals surface area contributed by atoms with E-state index in [1.807, 2.05) is 6.92 Å². The van der Waals surface area contributed by atoms with Gasteiger partial charge in [-0.2, -0.15) is 0 Å². The fourth-order valence-electron chi connectivity index (χ4n) is 2.45. The van der Waals surface area contributed by atoms with Gasteiger partial charge in [0.2, 0.25) is 5.75 Å². The minimum atomic E-state index is -0.664. The van der Waals surface area contributed by atoms with E-state index in [4.69, 9.17) is 4.74 Å². The number of benzene rings is 1. The highest BCUT2D eigenvalue weighted by Gasteiger charge is 2.24. The Bertz CT molecular complexity index is 550. The maximum atomic E-state index is 13.2. The Labute approximate surface area is 121 Å². The topological polar surface area (TPSA) is 72.7 Å². The van der Waals surface area contributed by atoms with Gasteiger partial charge in [0, 0.05) is 24.7 Å². The molecule has 21 heavy (non-hydrogen) atoms. The summed E-state index contributed by atoms with van der Waals surface area (Å²) in [6.45, 7) is 2.30. The van der Waals surface area contributed by atoms with Gasteiger partial charge in [0.15, 0.2) is 6.61 Å². The molecule has 0 aliphatic carbocycles. The summed E-state index contributed by atoms with van der Waals surface area (Å²) in [5, 5.41) is 10.8. The molecule has 1 fully saturated rings. The molecule has 1 aromatic carbocycles. The zero-order valence-corrected chi connectivity index (χ0v) is 11.8. The Morgan fingerprint density at radius 2 is 2.29 bits per heavy atom. The normalized spacial score (nSPS) is 18.4. The highest BCUT2D eigenvalue weighted by Crippen LogP contribution is 2.27. The molecule has 0 aromatic heterocycles. The summed E-state index contributed by atoms with van der Waals surface area (Å²) < 4.78 is 18.3. The van der Waals surface area contributed by atoms with Gasteiger partial charge >= 0.3 is 5.69 Å². The van der Waals surface area contributed by atoms with Gasteiger partial charge in [0.1, 0.15) is 5.82 Å². The highest BCUT2D eigenvalue weighted by atomic mass is 19.1. The van der Waals surface area contributed by atoms with Crippen molar-refractivity contribution in [3.05, 3.63) is 34.1 Å². The average Bonchev–Trinajstić information content (AvgIpc) is 2.45. The summed E-state index contributed by atoms with van der Waals surface area (Å²) in [6, 6.07) is 3.07. The van der Waals surface area contributed by atoms with Crippen LogP contribution in [0.2, 0.25) is 0 Å². The Morgan fingerprint density at radius 1 is 1.52 bits per heavy atom. The minimum absolute atomic E-state index is 0.136. The first kappa shape index (κ1) is 15.2. The summed E-state index contributed by atoms with van der Waals surface area (Å²) in [5.41, 5.74) is -0.351. The van der Waals surface area contributed by atoms with Gasteiger partial charge in [-0.3, -0.25) is 14.9 Å². The van der Waals surface area contributed by atoms with E-state index in [1.165, 1.54) is 0 Å². The molecule has 7 heteroatoms. The number of hydrogen-bond acceptors (Lipinski definition) is 4. The number of ether oxygens (including phenoxy) is 1. The van der Waals surface area contributed by atoms with E-state index < -0.39 is 10.7 Å². The van der Waals surface area contributed by atoms with Gasteiger partial charge in [0.25, 0.3) is 5.91 Å². The Balaban J connectivity index is 2.04. The van der Waals surface area contributed by atoms with Crippen LogP contribution in [-0.2, 0) is 4.79 Å². The third-order valence-corrected chi connectivity index (χ3v) is 3.59. The lowest BCUT2D eigenvalue weighted by molar-refractivity contribution is -0.385. The molecule has 1 unspecified atom stereocenters. The summed E-state index contributed by atoms with van der Waals surface area (Å²) in [6.07, 6.45) is 2.96. The predicted octanol–water partition coefficient (Wildman–Crippen LogP) is 2.51. The zero-order valence-electron chi connectivity index (χ0n) is 11.8. The Kier molecular flexibility index (Phi) is 4.72. The fourth-order valence-corrected chi connectivity index (χ4v) is 2.45. The van der Waals surface area contributed by atoms with Crippen molar-refractivity contribution >= 4 is 11.6 Å². The van der Waals surface area contributed by atoms with Gasteiger partial charge < -0.3 is 9.64 Å². The van der Waals surface area contributed by atoms with E-state index in [2.05, 4.69) is 0 Å². The first-order valence-corrected chi connectivity index (χ1v) is 6.85. The van der Waals surface area contributed by atoms with Crippen molar-refractivity contribution in [1.82, 2.24) is 4.90 Å². The molecule has 1 aliphatic heterocycles. The van der Waals surface area contributed by atoms with E-state index in [1.54, 1.807) is 4.90 Å². The third-order valence-electron chi connectivity index (χ3n) is 3.59. The second-order valence-corrected chi connectivity index (χ2v) is 5.09. The van der Waals surface area contributed by atoms with E-state index in [9.17, 15) is 19.3 Å². The molecule has 1 atom stereocenters. The number of rotatable bonds is 4. The fraction of sp³-hybridized carbons (Fsp3) is 0.500. The molecule has 1 aromatic rings. The van der Waals surface area contributed by atoms with Crippen molar-refractivity contribution in [1.29, 1.82) is 0 Å². The second-order valence-electron chi connectivity index (χ2n) is 5.09. The first-order valence-electron chi connectivity index (χ1n) is 6.85. The second kappa shape index (κ2) is 6.51. The first-order chi connectivity index (χ1) is 9.99. The number of carbonyl (C=O) groups excluding carboxylic acids is 1. The van der Waals surface area contributed by atoms with Crippen LogP contribution in [0.25, 0.3) is 0 Å². The molecule has 2 rings (SSSR count). The molecule has 1 aliphatic rings. The number of likely N-dealkylation sites (tertiary alicyclic amines) is 1. The smallest absolute Gasteiger partial charge is 0.311 e. The number of amides is 1. The van der Waals surface area contributed by atoms with Gasteiger partial charge in [0.05, 0.1) is 4.92 Å². The van der Waals surface area contributed by atoms with E-state index in [-0.39, 0.29) is 30.0 Å². The standard InChI is InChI=1S/C14H17FN2O4/c1-10-4-2-3-7-16(10)14(18)9-21-13-8-11(15)5-6-12(13)17(19)20/h5-6,8,10H,2-4,7,9H2,1H3. The molecule has 0 bridgehead atoms. The van der Waals surface area contributed by atoms with Crippen LogP contribution in [0.5, 0.6) is 5.75 Å². The van der Waals surface area contributed by atoms with E-state index >= 15 is 0 Å². The van der Waals surface area contributed by atoms with Crippen LogP contribution < -0.4 is 4.74 Å². The molecule has 0 radical (unpaired) electrons. The molecule has 1 amide bonds. The number of carbonyl (C=O) groups is 1. The number of nitro groups is 1. The molecular formula is C14H17FN2O4. The monoisotopic (exact) mass is 296 g/mol. The summed E-state index contributed by atoms with van der Waals surface area (Å²) >= 11 is 0. The van der Waals surface area contributed by atoms with Crippen molar-refractivity contribution in [3.63, 3.8) is 0 Å². The molecule has 114 valence electrons. The van der Waals surface area contributed by atoms with Crippen molar-refractivity contribution in [2.24, 2.45) is 0 Å². The number of hydrogen-bond donors (Lipinski definition) is 0. The third kappa shape index (κ3) is 3.68. The number of nitro benzene ring substituents is 1. The number of halogens is 1. The molecule has 1 saturated heterocycles. The lowest BCUT2D eigenvalue weighted by Crippen LogP contribution is -2.44. The van der Waals surface area contributed by atoms with Crippen LogP contribution in [0.15, 0.2) is 18.2 Å². The van der Waals surface area contributed by atoms with E-state index in [0.717, 1.165) is 37.5 Å². The van der Waals surface area contributed by atoms with Gasteiger partial charge in [-0.25, -0.2) is 4.39 Å². The van der Waals surface area contributed by atoms with Crippen LogP contribution >= 0.6 is 0 Å². The summed E-state index contributed by atoms with van der Waals surface area (Å²) in [5.74, 6) is -1.10. The summed E-state index contributed by atoms with van der Waals surface area (Å²) in [7, 11) is 0. The minimum Gasteiger partial charge on any atom is -0.477 e. The van der Waals surface area contributed by atoms with Crippen LogP contribution in [0.3, 0.4) is 0 Å². The maximum Gasteiger partial charge on any atom is 0.311 e. The van der Waals surface area contributed by atoms with Crippen molar-refractivity contribution in [2.45, 2.75) is 32.2 Å². The van der Waals surface area contributed by atoms with Gasteiger partial charge in [-0.1, -0.05) is 0 Å². The average molecular weight is 296 g/mol. The van der Waals surface area contributed by atoms with Crippen molar-refractivity contribution in [2.75, 3.05) is 13.2 Å². The van der Waals surface area contributed by atoms with Gasteiger partial charge in [-0.05, 0) is 32.3 Å². The zero-order chi connectivity index (χ0) is 15.4. The number of nitrogens with zero attached hydrogens (tertiary/aromatic N) is 2. The van der Waals surface area contributed by atoms with Crippen molar-refractivity contribution in [3.8, 4) is 5.75 Å². The maximum absolute atomic E-state index is 13.2. The van der Waals surface area contributed by atoms with Crippen LogP contribution in [-0.4, -0.2) is 34.9 Å². The molecule has 0 N–H and O–H groups in total. The molecule has 0 spiro atoms. The Morgan fingerprint density at radius 3 is 2.95 bits per heavy atom. The predicted molar refractivity (Wildman–Crippen MR) is 73.6 cm³/mol. The van der Waals surface area contributed by atoms with E-state index in [0.29, 0.717) is 6.54 Å². The lowest BCUT2D eigenvalue weighted by atomic mass is 10.0. The van der Waals surface area contributed by atoms with Crippen LogP contribution in [0, 0.1) is 15.9 Å². The SMILES string of the molecule is CC1CCCCN1C(=O)COc1cc(F)ccc1[N+](=O)[O-]. The van der Waals surface area contributed by atoms with Crippen LogP contribution in [0.4, 0.5) is 10.1 Å². The van der Waals surface area contributed by atoms with Crippen LogP contribution in [0.1, 0.15) is 26.2 Å². The molecule has 0 saturated carbocycles. The lowest BCUT2D eigenvalue weighted by Gasteiger charge is -2.33. The number of piperidine rings is 1.